The fourth-order valence-electron chi connectivity index (χ4n) is 1.34. The number of carbonyl (C=O) groups is 1. The second-order valence-corrected chi connectivity index (χ2v) is 5.34. The van der Waals surface area contributed by atoms with Gasteiger partial charge in [-0.15, -0.1) is 0 Å². The van der Waals surface area contributed by atoms with Crippen LogP contribution in [-0.4, -0.2) is 23.0 Å². The van der Waals surface area contributed by atoms with Crippen LogP contribution in [0.4, 0.5) is 5.69 Å². The predicted molar refractivity (Wildman–Crippen MR) is 76.0 cm³/mol. The van der Waals surface area contributed by atoms with Crippen LogP contribution in [0.15, 0.2) is 45.1 Å². The van der Waals surface area contributed by atoms with Crippen molar-refractivity contribution < 1.29 is 9.53 Å². The quantitative estimate of drug-likeness (QED) is 0.866. The Morgan fingerprint density at radius 1 is 1.42 bits per heavy atom. The van der Waals surface area contributed by atoms with Gasteiger partial charge in [-0.3, -0.25) is 0 Å². The lowest BCUT2D eigenvalue weighted by Gasteiger charge is -2.07. The molecular formula is C12H10BrN3O2S. The Balaban J connectivity index is 2.40. The second kappa shape index (κ2) is 6.03. The zero-order valence-corrected chi connectivity index (χ0v) is 12.4. The molecule has 7 heteroatoms. The summed E-state index contributed by atoms with van der Waals surface area (Å²) < 4.78 is 5.55. The number of rotatable bonds is 3. The Morgan fingerprint density at radius 2 is 2.21 bits per heavy atom. The van der Waals surface area contributed by atoms with Crippen molar-refractivity contribution in [1.29, 1.82) is 0 Å². The van der Waals surface area contributed by atoms with Crippen LogP contribution in [0.3, 0.4) is 0 Å². The summed E-state index contributed by atoms with van der Waals surface area (Å²) in [7, 11) is 1.32. The molecular weight excluding hydrogens is 330 g/mol. The summed E-state index contributed by atoms with van der Waals surface area (Å²) in [5.74, 6) is -0.477. The molecule has 0 bridgehead atoms. The van der Waals surface area contributed by atoms with Gasteiger partial charge < -0.3 is 10.5 Å². The number of hydrogen-bond acceptors (Lipinski definition) is 6. The molecule has 0 aromatic carbocycles. The topological polar surface area (TPSA) is 78.1 Å². The lowest BCUT2D eigenvalue weighted by atomic mass is 10.3. The molecule has 2 N–H and O–H groups in total. The number of pyridine rings is 2. The highest BCUT2D eigenvalue weighted by Crippen LogP contribution is 2.32. The minimum atomic E-state index is -0.477. The predicted octanol–water partition coefficient (Wildman–Crippen LogP) is 2.76. The third kappa shape index (κ3) is 3.24. The third-order valence-corrected chi connectivity index (χ3v) is 4.14. The fraction of sp³-hybridized carbons (Fsp3) is 0.0833. The van der Waals surface area contributed by atoms with E-state index < -0.39 is 5.97 Å². The van der Waals surface area contributed by atoms with Crippen molar-refractivity contribution in [3.8, 4) is 0 Å². The summed E-state index contributed by atoms with van der Waals surface area (Å²) >= 11 is 4.66. The maximum absolute atomic E-state index is 11.7. The normalized spacial score (nSPS) is 10.2. The molecule has 0 aliphatic rings. The average molecular weight is 340 g/mol. The van der Waals surface area contributed by atoms with Crippen molar-refractivity contribution in [2.75, 3.05) is 12.8 Å². The van der Waals surface area contributed by atoms with Gasteiger partial charge in [-0.25, -0.2) is 14.8 Å². The highest BCUT2D eigenvalue weighted by Gasteiger charge is 2.16. The van der Waals surface area contributed by atoms with Gasteiger partial charge in [-0.1, -0.05) is 0 Å². The van der Waals surface area contributed by atoms with Gasteiger partial charge >= 0.3 is 5.97 Å². The molecule has 2 heterocycles. The van der Waals surface area contributed by atoms with Gasteiger partial charge in [0.1, 0.15) is 10.1 Å². The van der Waals surface area contributed by atoms with Crippen molar-refractivity contribution in [2.24, 2.45) is 0 Å². The highest BCUT2D eigenvalue weighted by atomic mass is 79.9. The number of nitrogens with two attached hydrogens (primary N) is 1. The number of nitrogens with zero attached hydrogens (tertiary/aromatic N) is 2. The third-order valence-electron chi connectivity index (χ3n) is 2.20. The van der Waals surface area contributed by atoms with E-state index in [4.69, 9.17) is 10.5 Å². The van der Waals surface area contributed by atoms with Crippen molar-refractivity contribution >= 4 is 39.3 Å². The Hall–Kier alpha value is -1.60. The van der Waals surface area contributed by atoms with Gasteiger partial charge in [0.15, 0.2) is 0 Å². The number of esters is 1. The Labute approximate surface area is 122 Å². The number of nitrogen functional groups attached to an aromatic ring is 1. The monoisotopic (exact) mass is 339 g/mol. The van der Waals surface area contributed by atoms with Crippen molar-refractivity contribution in [2.45, 2.75) is 10.1 Å². The molecule has 0 aliphatic heterocycles. The summed E-state index contributed by atoms with van der Waals surface area (Å²) in [5.41, 5.74) is 6.37. The van der Waals surface area contributed by atoms with Crippen LogP contribution in [0.2, 0.25) is 0 Å². The maximum Gasteiger partial charge on any atom is 0.340 e. The molecule has 5 nitrogen and oxygen atoms in total. The average Bonchev–Trinajstić information content (AvgIpc) is 2.42. The molecule has 0 radical (unpaired) electrons. The van der Waals surface area contributed by atoms with Crippen LogP contribution >= 0.6 is 27.7 Å². The minimum Gasteiger partial charge on any atom is -0.465 e. The molecule has 98 valence electrons. The molecule has 0 amide bonds. The number of halogens is 1. The number of aromatic nitrogens is 2. The summed E-state index contributed by atoms with van der Waals surface area (Å²) in [6.07, 6.45) is 3.16. The van der Waals surface area contributed by atoms with E-state index in [1.54, 1.807) is 6.20 Å². The van der Waals surface area contributed by atoms with E-state index in [0.717, 1.165) is 4.47 Å². The van der Waals surface area contributed by atoms with Crippen molar-refractivity contribution in [3.63, 3.8) is 0 Å². The van der Waals surface area contributed by atoms with E-state index in [9.17, 15) is 4.79 Å². The first-order valence-corrected chi connectivity index (χ1v) is 6.85. The van der Waals surface area contributed by atoms with Gasteiger partial charge in [-0.2, -0.15) is 0 Å². The first-order chi connectivity index (χ1) is 9.11. The first-order valence-electron chi connectivity index (χ1n) is 5.24. The molecule has 0 aliphatic carbocycles. The maximum atomic E-state index is 11.7. The largest absolute Gasteiger partial charge is 0.465 e. The molecule has 0 fully saturated rings. The first kappa shape index (κ1) is 13.8. The number of carbonyl (C=O) groups excluding carboxylic acids is 1. The van der Waals surface area contributed by atoms with Gasteiger partial charge in [0.25, 0.3) is 0 Å². The molecule has 2 aromatic heterocycles. The van der Waals surface area contributed by atoms with Crippen molar-refractivity contribution in [1.82, 2.24) is 9.97 Å². The van der Waals surface area contributed by atoms with Crippen LogP contribution in [0.1, 0.15) is 10.4 Å². The van der Waals surface area contributed by atoms with Gasteiger partial charge in [0.05, 0.1) is 29.0 Å². The highest BCUT2D eigenvalue weighted by molar-refractivity contribution is 9.10. The number of ether oxygens (including phenoxy) is 1. The number of anilines is 1. The van der Waals surface area contributed by atoms with Gasteiger partial charge in [-0.05, 0) is 45.9 Å². The summed E-state index contributed by atoms with van der Waals surface area (Å²) in [4.78, 5) is 20.1. The Kier molecular flexibility index (Phi) is 4.39. The molecule has 0 saturated carbocycles. The zero-order chi connectivity index (χ0) is 13.8. The van der Waals surface area contributed by atoms with E-state index in [2.05, 4.69) is 25.9 Å². The summed E-state index contributed by atoms with van der Waals surface area (Å²) in [6.45, 7) is 0. The van der Waals surface area contributed by atoms with Gasteiger partial charge in [0.2, 0.25) is 0 Å². The van der Waals surface area contributed by atoms with Crippen LogP contribution < -0.4 is 5.73 Å². The Bertz CT molecular complexity index is 622. The lowest BCUT2D eigenvalue weighted by Crippen LogP contribution is -2.06. The van der Waals surface area contributed by atoms with E-state index in [1.165, 1.54) is 31.1 Å². The molecule has 0 atom stereocenters. The summed E-state index contributed by atoms with van der Waals surface area (Å²) in [6, 6.07) is 5.22. The zero-order valence-electron chi connectivity index (χ0n) is 9.96. The van der Waals surface area contributed by atoms with Crippen molar-refractivity contribution in [3.05, 3.63) is 40.6 Å². The van der Waals surface area contributed by atoms with E-state index >= 15 is 0 Å². The molecule has 19 heavy (non-hydrogen) atoms. The van der Waals surface area contributed by atoms with Crippen LogP contribution in [0.25, 0.3) is 0 Å². The fourth-order valence-corrected chi connectivity index (χ4v) is 2.66. The van der Waals surface area contributed by atoms with Crippen LogP contribution in [-0.2, 0) is 4.74 Å². The summed E-state index contributed by atoms with van der Waals surface area (Å²) in [5, 5.41) is 1.21. The number of methoxy groups -OCH3 is 1. The number of hydrogen-bond donors (Lipinski definition) is 1. The molecule has 0 spiro atoms. The molecule has 0 unspecified atom stereocenters. The molecule has 2 aromatic rings. The second-order valence-electron chi connectivity index (χ2n) is 3.51. The van der Waals surface area contributed by atoms with E-state index in [1.807, 2.05) is 12.1 Å². The van der Waals surface area contributed by atoms with Crippen LogP contribution in [0, 0.1) is 0 Å². The minimum absolute atomic E-state index is 0.324. The molecule has 0 saturated heterocycles. The Morgan fingerprint density at radius 3 is 2.89 bits per heavy atom. The van der Waals surface area contributed by atoms with Crippen LogP contribution in [0.5, 0.6) is 0 Å². The lowest BCUT2D eigenvalue weighted by molar-refractivity contribution is 0.0596. The standard InChI is InChI=1S/C12H10BrN3O2S/c1-18-12(17)8-5-7(14)6-16-10(8)19-11-9(13)3-2-4-15-11/h2-6H,14H2,1H3. The van der Waals surface area contributed by atoms with E-state index in [0.29, 0.717) is 21.3 Å². The van der Waals surface area contributed by atoms with Gasteiger partial charge in [0, 0.05) is 6.20 Å². The smallest absolute Gasteiger partial charge is 0.340 e. The van der Waals surface area contributed by atoms with E-state index in [-0.39, 0.29) is 0 Å². The molecule has 2 rings (SSSR count). The SMILES string of the molecule is COC(=O)c1cc(N)cnc1Sc1ncccc1Br.